The van der Waals surface area contributed by atoms with Crippen LogP contribution in [0.1, 0.15) is 35.7 Å². The van der Waals surface area contributed by atoms with Crippen molar-refractivity contribution in [2.75, 3.05) is 5.32 Å². The summed E-state index contributed by atoms with van der Waals surface area (Å²) < 4.78 is 30.3. The summed E-state index contributed by atoms with van der Waals surface area (Å²) in [7, 11) is -3.56. The van der Waals surface area contributed by atoms with Crippen molar-refractivity contribution in [2.45, 2.75) is 31.0 Å². The molecule has 0 atom stereocenters. The number of rotatable bonds is 8. The first-order chi connectivity index (χ1) is 14.7. The Morgan fingerprint density at radius 1 is 0.968 bits per heavy atom. The summed E-state index contributed by atoms with van der Waals surface area (Å²) in [6.07, 6.45) is 0. The predicted molar refractivity (Wildman–Crippen MR) is 117 cm³/mol. The summed E-state index contributed by atoms with van der Waals surface area (Å²) in [5.74, 6) is -0.797. The zero-order valence-corrected chi connectivity index (χ0v) is 18.1. The Morgan fingerprint density at radius 3 is 2.42 bits per heavy atom. The highest BCUT2D eigenvalue weighted by Gasteiger charge is 2.19. The van der Waals surface area contributed by atoms with Crippen LogP contribution >= 0.6 is 0 Å². The Bertz CT molecular complexity index is 1170. The van der Waals surface area contributed by atoms with Crippen molar-refractivity contribution in [3.8, 4) is 0 Å². The molecule has 0 saturated heterocycles. The number of hydrogen-bond donors (Lipinski definition) is 2. The molecule has 7 nitrogen and oxygen atoms in total. The standard InChI is InChI=1S/C23H24N2O5S/c1-16(2)22(26)25-18-8-6-7-17(13-18)14-24-23(27)21-12-11-19(30-21)15-31(28,29)20-9-4-3-5-10-20/h3-13,16H,14-15H2,1-2H3,(H,24,27)(H,25,26). The molecule has 31 heavy (non-hydrogen) atoms. The van der Waals surface area contributed by atoms with Crippen LogP contribution < -0.4 is 10.6 Å². The third kappa shape index (κ3) is 6.05. The van der Waals surface area contributed by atoms with E-state index < -0.39 is 15.7 Å². The maximum atomic E-state index is 12.5. The van der Waals surface area contributed by atoms with Crippen LogP contribution in [0.15, 0.2) is 76.0 Å². The van der Waals surface area contributed by atoms with Crippen LogP contribution in [0, 0.1) is 5.92 Å². The van der Waals surface area contributed by atoms with Gasteiger partial charge in [-0.2, -0.15) is 0 Å². The Hall–Kier alpha value is -3.39. The van der Waals surface area contributed by atoms with Gasteiger partial charge in [-0.05, 0) is 42.0 Å². The van der Waals surface area contributed by atoms with Gasteiger partial charge in [-0.15, -0.1) is 0 Å². The average molecular weight is 441 g/mol. The van der Waals surface area contributed by atoms with E-state index in [1.807, 2.05) is 19.9 Å². The molecule has 0 bridgehead atoms. The van der Waals surface area contributed by atoms with Crippen LogP contribution in [0.2, 0.25) is 0 Å². The largest absolute Gasteiger partial charge is 0.455 e. The van der Waals surface area contributed by atoms with Crippen molar-refractivity contribution in [3.05, 3.63) is 83.8 Å². The zero-order chi connectivity index (χ0) is 22.4. The molecule has 1 aromatic heterocycles. The number of nitrogens with one attached hydrogen (secondary N) is 2. The maximum Gasteiger partial charge on any atom is 0.287 e. The quantitative estimate of drug-likeness (QED) is 0.555. The second-order valence-corrected chi connectivity index (χ2v) is 9.35. The molecule has 3 rings (SSSR count). The van der Waals surface area contributed by atoms with Gasteiger partial charge in [-0.25, -0.2) is 8.42 Å². The fourth-order valence-corrected chi connectivity index (χ4v) is 4.06. The summed E-state index contributed by atoms with van der Waals surface area (Å²) in [5, 5.41) is 5.54. The SMILES string of the molecule is CC(C)C(=O)Nc1cccc(CNC(=O)c2ccc(CS(=O)(=O)c3ccccc3)o2)c1. The molecule has 162 valence electrons. The molecular formula is C23H24N2O5S. The van der Waals surface area contributed by atoms with Crippen LogP contribution in [-0.4, -0.2) is 20.2 Å². The van der Waals surface area contributed by atoms with Crippen molar-refractivity contribution in [3.63, 3.8) is 0 Å². The topological polar surface area (TPSA) is 105 Å². The molecule has 0 spiro atoms. The van der Waals surface area contributed by atoms with Crippen molar-refractivity contribution in [1.29, 1.82) is 0 Å². The molecule has 0 radical (unpaired) electrons. The number of anilines is 1. The van der Waals surface area contributed by atoms with Gasteiger partial charge in [-0.1, -0.05) is 44.2 Å². The van der Waals surface area contributed by atoms with Gasteiger partial charge in [0, 0.05) is 18.2 Å². The van der Waals surface area contributed by atoms with Crippen LogP contribution in [0.3, 0.4) is 0 Å². The third-order valence-electron chi connectivity index (χ3n) is 4.49. The van der Waals surface area contributed by atoms with Gasteiger partial charge in [0.25, 0.3) is 5.91 Å². The lowest BCUT2D eigenvalue weighted by Crippen LogP contribution is -2.22. The van der Waals surface area contributed by atoms with E-state index in [1.54, 1.807) is 36.4 Å². The van der Waals surface area contributed by atoms with Crippen LogP contribution in [-0.2, 0) is 26.9 Å². The molecule has 1 heterocycles. The molecular weight excluding hydrogens is 416 g/mol. The highest BCUT2D eigenvalue weighted by atomic mass is 32.2. The minimum atomic E-state index is -3.56. The summed E-state index contributed by atoms with van der Waals surface area (Å²) in [6.45, 7) is 3.84. The minimum absolute atomic E-state index is 0.0301. The highest BCUT2D eigenvalue weighted by Crippen LogP contribution is 2.18. The smallest absolute Gasteiger partial charge is 0.287 e. The molecule has 0 aliphatic rings. The van der Waals surface area contributed by atoms with Gasteiger partial charge >= 0.3 is 0 Å². The first-order valence-electron chi connectivity index (χ1n) is 9.79. The van der Waals surface area contributed by atoms with Gasteiger partial charge in [0.05, 0.1) is 4.90 Å². The summed E-state index contributed by atoms with van der Waals surface area (Å²) >= 11 is 0. The van der Waals surface area contributed by atoms with Crippen LogP contribution in [0.5, 0.6) is 0 Å². The molecule has 2 N–H and O–H groups in total. The Labute approximate surface area is 181 Å². The third-order valence-corrected chi connectivity index (χ3v) is 6.15. The second kappa shape index (κ2) is 9.61. The lowest BCUT2D eigenvalue weighted by Gasteiger charge is -2.09. The van der Waals surface area contributed by atoms with Crippen LogP contribution in [0.25, 0.3) is 0 Å². The van der Waals surface area contributed by atoms with Gasteiger partial charge < -0.3 is 15.1 Å². The Kier molecular flexibility index (Phi) is 6.91. The summed E-state index contributed by atoms with van der Waals surface area (Å²) in [5.41, 5.74) is 1.45. The minimum Gasteiger partial charge on any atom is -0.455 e. The van der Waals surface area contributed by atoms with Gasteiger partial charge in [0.1, 0.15) is 11.5 Å². The molecule has 0 fully saturated rings. The van der Waals surface area contributed by atoms with E-state index in [2.05, 4.69) is 10.6 Å². The van der Waals surface area contributed by atoms with E-state index in [0.717, 1.165) is 5.56 Å². The molecule has 0 aliphatic heterocycles. The Morgan fingerprint density at radius 2 is 1.71 bits per heavy atom. The molecule has 0 aliphatic carbocycles. The lowest BCUT2D eigenvalue weighted by atomic mass is 10.1. The fraction of sp³-hybridized carbons (Fsp3) is 0.217. The molecule has 3 aromatic rings. The van der Waals surface area contributed by atoms with E-state index in [-0.39, 0.29) is 40.5 Å². The summed E-state index contributed by atoms with van der Waals surface area (Å²) in [4.78, 5) is 24.4. The van der Waals surface area contributed by atoms with E-state index in [0.29, 0.717) is 5.69 Å². The Balaban J connectivity index is 1.60. The number of carbonyl (C=O) groups is 2. The first kappa shape index (κ1) is 22.3. The van der Waals surface area contributed by atoms with Crippen molar-refractivity contribution in [2.24, 2.45) is 5.92 Å². The van der Waals surface area contributed by atoms with E-state index in [1.165, 1.54) is 24.3 Å². The maximum absolute atomic E-state index is 12.5. The predicted octanol–water partition coefficient (Wildman–Crippen LogP) is 3.78. The zero-order valence-electron chi connectivity index (χ0n) is 17.3. The second-order valence-electron chi connectivity index (χ2n) is 7.37. The monoisotopic (exact) mass is 440 g/mol. The van der Waals surface area contributed by atoms with Crippen molar-refractivity contribution < 1.29 is 22.4 Å². The van der Waals surface area contributed by atoms with E-state index >= 15 is 0 Å². The highest BCUT2D eigenvalue weighted by molar-refractivity contribution is 7.90. The number of hydrogen-bond acceptors (Lipinski definition) is 5. The van der Waals surface area contributed by atoms with E-state index in [4.69, 9.17) is 4.42 Å². The summed E-state index contributed by atoms with van der Waals surface area (Å²) in [6, 6.07) is 18.2. The number of furan rings is 1. The lowest BCUT2D eigenvalue weighted by molar-refractivity contribution is -0.118. The normalized spacial score (nSPS) is 11.3. The first-order valence-corrected chi connectivity index (χ1v) is 11.4. The fourth-order valence-electron chi connectivity index (χ4n) is 2.79. The average Bonchev–Trinajstić information content (AvgIpc) is 3.20. The van der Waals surface area contributed by atoms with Gasteiger partial charge in [0.15, 0.2) is 15.6 Å². The number of sulfone groups is 1. The molecule has 0 saturated carbocycles. The number of carbonyl (C=O) groups excluding carboxylic acids is 2. The van der Waals surface area contributed by atoms with E-state index in [9.17, 15) is 18.0 Å². The number of amides is 2. The molecule has 0 unspecified atom stereocenters. The molecule has 2 amide bonds. The van der Waals surface area contributed by atoms with Crippen molar-refractivity contribution >= 4 is 27.3 Å². The number of benzene rings is 2. The molecule has 2 aromatic carbocycles. The van der Waals surface area contributed by atoms with Crippen molar-refractivity contribution in [1.82, 2.24) is 5.32 Å². The van der Waals surface area contributed by atoms with Gasteiger partial charge in [0.2, 0.25) is 5.91 Å². The van der Waals surface area contributed by atoms with Gasteiger partial charge in [-0.3, -0.25) is 9.59 Å². The van der Waals surface area contributed by atoms with Crippen LogP contribution in [0.4, 0.5) is 5.69 Å². The molecule has 8 heteroatoms.